The Morgan fingerprint density at radius 2 is 2.43 bits per heavy atom. The Hall–Kier alpha value is -2.15. The molecule has 4 N–H and O–H groups in total. The van der Waals surface area contributed by atoms with E-state index in [9.17, 15) is 0 Å². The Morgan fingerprint density at radius 3 is 3.07 bits per heavy atom. The molecule has 72 valence electrons. The number of hydrogen-bond donors (Lipinski definition) is 3. The Labute approximate surface area is 82.4 Å². The average molecular weight is 189 g/mol. The van der Waals surface area contributed by atoms with Gasteiger partial charge >= 0.3 is 0 Å². The third-order valence-corrected chi connectivity index (χ3v) is 1.63. The zero-order valence-electron chi connectivity index (χ0n) is 7.57. The molecular formula is C10H11N3O. The standard InChI is InChI=1S/C10H11N3O/c1-2-8-4-3-5-9(6-8)12-7-10(11)13-14/h1,3-6,12,14H,7H2,(H2,11,13). The van der Waals surface area contributed by atoms with Crippen LogP contribution in [0.25, 0.3) is 0 Å². The molecule has 0 amide bonds. The average Bonchev–Trinajstić information content (AvgIpc) is 2.26. The third kappa shape index (κ3) is 2.72. The largest absolute Gasteiger partial charge is 0.409 e. The van der Waals surface area contributed by atoms with Gasteiger partial charge in [-0.25, -0.2) is 0 Å². The normalized spacial score (nSPS) is 10.6. The summed E-state index contributed by atoms with van der Waals surface area (Å²) in [6, 6.07) is 7.33. The summed E-state index contributed by atoms with van der Waals surface area (Å²) >= 11 is 0. The second-order valence-corrected chi connectivity index (χ2v) is 2.67. The van der Waals surface area contributed by atoms with Crippen molar-refractivity contribution in [1.29, 1.82) is 0 Å². The first-order chi connectivity index (χ1) is 6.76. The summed E-state index contributed by atoms with van der Waals surface area (Å²) in [5.41, 5.74) is 6.91. The zero-order chi connectivity index (χ0) is 10.4. The van der Waals surface area contributed by atoms with Crippen LogP contribution >= 0.6 is 0 Å². The summed E-state index contributed by atoms with van der Waals surface area (Å²) in [6.45, 7) is 0.282. The minimum Gasteiger partial charge on any atom is -0.409 e. The molecule has 0 saturated heterocycles. The number of hydrogen-bond acceptors (Lipinski definition) is 3. The van der Waals surface area contributed by atoms with E-state index in [0.717, 1.165) is 11.3 Å². The highest BCUT2D eigenvalue weighted by Crippen LogP contribution is 2.08. The maximum Gasteiger partial charge on any atom is 0.158 e. The Morgan fingerprint density at radius 1 is 1.64 bits per heavy atom. The molecule has 1 aromatic rings. The van der Waals surface area contributed by atoms with Gasteiger partial charge in [-0.15, -0.1) is 6.42 Å². The topological polar surface area (TPSA) is 70.6 Å². The molecule has 4 heteroatoms. The lowest BCUT2D eigenvalue weighted by Gasteiger charge is -2.04. The predicted molar refractivity (Wildman–Crippen MR) is 56.3 cm³/mol. The van der Waals surface area contributed by atoms with Gasteiger partial charge < -0.3 is 16.3 Å². The number of terminal acetylenes is 1. The van der Waals surface area contributed by atoms with Crippen molar-refractivity contribution in [3.05, 3.63) is 29.8 Å². The van der Waals surface area contributed by atoms with Crippen LogP contribution in [0.2, 0.25) is 0 Å². The van der Waals surface area contributed by atoms with Crippen molar-refractivity contribution in [3.63, 3.8) is 0 Å². The van der Waals surface area contributed by atoms with E-state index in [-0.39, 0.29) is 12.4 Å². The lowest BCUT2D eigenvalue weighted by molar-refractivity contribution is 0.317. The zero-order valence-corrected chi connectivity index (χ0v) is 7.57. The van der Waals surface area contributed by atoms with Crippen LogP contribution in [-0.4, -0.2) is 17.6 Å². The van der Waals surface area contributed by atoms with Crippen LogP contribution in [0.3, 0.4) is 0 Å². The number of anilines is 1. The minimum absolute atomic E-state index is 0.121. The molecule has 0 spiro atoms. The summed E-state index contributed by atoms with van der Waals surface area (Å²) in [5.74, 6) is 2.64. The molecule has 0 unspecified atom stereocenters. The van der Waals surface area contributed by atoms with Crippen molar-refractivity contribution in [2.75, 3.05) is 11.9 Å². The maximum atomic E-state index is 8.30. The van der Waals surface area contributed by atoms with Crippen molar-refractivity contribution >= 4 is 11.5 Å². The fraction of sp³-hybridized carbons (Fsp3) is 0.100. The van der Waals surface area contributed by atoms with Gasteiger partial charge in [0.2, 0.25) is 0 Å². The Kier molecular flexibility index (Phi) is 3.39. The summed E-state index contributed by atoms with van der Waals surface area (Å²) in [4.78, 5) is 0. The molecule has 0 saturated carbocycles. The third-order valence-electron chi connectivity index (χ3n) is 1.63. The van der Waals surface area contributed by atoms with Gasteiger partial charge in [0, 0.05) is 11.3 Å². The van der Waals surface area contributed by atoms with Gasteiger partial charge in [0.25, 0.3) is 0 Å². The SMILES string of the molecule is C#Cc1cccc(NCC(N)=NO)c1. The molecule has 0 heterocycles. The summed E-state index contributed by atoms with van der Waals surface area (Å²) in [6.07, 6.45) is 5.23. The van der Waals surface area contributed by atoms with Crippen LogP contribution in [-0.2, 0) is 0 Å². The minimum atomic E-state index is 0.121. The molecule has 4 nitrogen and oxygen atoms in total. The summed E-state index contributed by atoms with van der Waals surface area (Å²) in [7, 11) is 0. The van der Waals surface area contributed by atoms with Crippen molar-refractivity contribution in [3.8, 4) is 12.3 Å². The van der Waals surface area contributed by atoms with E-state index in [0.29, 0.717) is 0 Å². The first-order valence-electron chi connectivity index (χ1n) is 4.03. The van der Waals surface area contributed by atoms with Crippen molar-refractivity contribution in [2.45, 2.75) is 0 Å². The van der Waals surface area contributed by atoms with Gasteiger partial charge in [0.1, 0.15) is 0 Å². The lowest BCUT2D eigenvalue weighted by atomic mass is 10.2. The molecule has 0 aliphatic heterocycles. The number of nitrogens with zero attached hydrogens (tertiary/aromatic N) is 1. The van der Waals surface area contributed by atoms with Gasteiger partial charge in [0.05, 0.1) is 6.54 Å². The molecule has 14 heavy (non-hydrogen) atoms. The van der Waals surface area contributed by atoms with Crippen molar-refractivity contribution < 1.29 is 5.21 Å². The van der Waals surface area contributed by atoms with Gasteiger partial charge in [0.15, 0.2) is 5.84 Å². The van der Waals surface area contributed by atoms with E-state index in [1.807, 2.05) is 24.3 Å². The van der Waals surface area contributed by atoms with E-state index in [2.05, 4.69) is 16.4 Å². The smallest absolute Gasteiger partial charge is 0.158 e. The molecule has 0 radical (unpaired) electrons. The number of nitrogens with two attached hydrogens (primary N) is 1. The molecule has 0 aliphatic carbocycles. The molecule has 0 atom stereocenters. The molecular weight excluding hydrogens is 178 g/mol. The van der Waals surface area contributed by atoms with Crippen LogP contribution < -0.4 is 11.1 Å². The van der Waals surface area contributed by atoms with Crippen LogP contribution in [0, 0.1) is 12.3 Å². The van der Waals surface area contributed by atoms with Crippen molar-refractivity contribution in [1.82, 2.24) is 0 Å². The van der Waals surface area contributed by atoms with Gasteiger partial charge in [-0.2, -0.15) is 0 Å². The fourth-order valence-corrected chi connectivity index (χ4v) is 0.947. The van der Waals surface area contributed by atoms with Gasteiger partial charge in [-0.05, 0) is 18.2 Å². The second-order valence-electron chi connectivity index (χ2n) is 2.67. The molecule has 1 rings (SSSR count). The highest BCUT2D eigenvalue weighted by atomic mass is 16.4. The summed E-state index contributed by atoms with van der Waals surface area (Å²) in [5, 5.41) is 14.1. The van der Waals surface area contributed by atoms with Crippen LogP contribution in [0.15, 0.2) is 29.4 Å². The van der Waals surface area contributed by atoms with Crippen LogP contribution in [0.1, 0.15) is 5.56 Å². The van der Waals surface area contributed by atoms with E-state index >= 15 is 0 Å². The quantitative estimate of drug-likeness (QED) is 0.217. The number of benzene rings is 1. The number of nitrogens with one attached hydrogen (secondary N) is 1. The predicted octanol–water partition coefficient (Wildman–Crippen LogP) is 0.826. The molecule has 0 aromatic heterocycles. The lowest BCUT2D eigenvalue weighted by Crippen LogP contribution is -2.22. The number of oxime groups is 1. The molecule has 0 fully saturated rings. The molecule has 1 aromatic carbocycles. The first-order valence-corrected chi connectivity index (χ1v) is 4.03. The summed E-state index contributed by atoms with van der Waals surface area (Å²) < 4.78 is 0. The van der Waals surface area contributed by atoms with Gasteiger partial charge in [-0.3, -0.25) is 0 Å². The van der Waals surface area contributed by atoms with E-state index in [1.165, 1.54) is 0 Å². The van der Waals surface area contributed by atoms with E-state index in [1.54, 1.807) is 0 Å². The molecule has 0 bridgehead atoms. The molecule has 0 aliphatic rings. The number of rotatable bonds is 3. The van der Waals surface area contributed by atoms with E-state index < -0.39 is 0 Å². The first kappa shape index (κ1) is 9.93. The Balaban J connectivity index is 2.64. The van der Waals surface area contributed by atoms with Crippen LogP contribution in [0.5, 0.6) is 0 Å². The number of amidine groups is 1. The Bertz CT molecular complexity index is 379. The fourth-order valence-electron chi connectivity index (χ4n) is 0.947. The highest BCUT2D eigenvalue weighted by molar-refractivity contribution is 5.84. The monoisotopic (exact) mass is 189 g/mol. The van der Waals surface area contributed by atoms with Crippen LogP contribution in [0.4, 0.5) is 5.69 Å². The maximum absolute atomic E-state index is 8.30. The van der Waals surface area contributed by atoms with Gasteiger partial charge in [-0.1, -0.05) is 17.1 Å². The van der Waals surface area contributed by atoms with E-state index in [4.69, 9.17) is 17.4 Å². The second kappa shape index (κ2) is 4.77. The highest BCUT2D eigenvalue weighted by Gasteiger charge is 1.94. The van der Waals surface area contributed by atoms with Crippen molar-refractivity contribution in [2.24, 2.45) is 10.9 Å².